The van der Waals surface area contributed by atoms with Crippen LogP contribution >= 0.6 is 7.82 Å². The second-order valence-electron chi connectivity index (χ2n) is 27.7. The minimum Gasteiger partial charge on any atom is -0.756 e. The molecule has 0 fully saturated rings. The van der Waals surface area contributed by atoms with Crippen LogP contribution in [-0.4, -0.2) is 70.0 Å². The van der Waals surface area contributed by atoms with Crippen LogP contribution in [0.5, 0.6) is 0 Å². The lowest BCUT2D eigenvalue weighted by Crippen LogP contribution is -2.37. The molecule has 0 saturated carbocycles. The second-order valence-corrected chi connectivity index (χ2v) is 29.1. The van der Waals surface area contributed by atoms with Crippen LogP contribution < -0.4 is 4.89 Å². The molecule has 0 aromatic carbocycles. The molecule has 0 heterocycles. The van der Waals surface area contributed by atoms with Crippen molar-refractivity contribution < 1.29 is 42.1 Å². The Kier molecular flexibility index (Phi) is 69.7. The Balaban J connectivity index is 3.95. The van der Waals surface area contributed by atoms with E-state index in [2.05, 4.69) is 86.8 Å². The fourth-order valence-electron chi connectivity index (χ4n) is 11.5. The van der Waals surface area contributed by atoms with Crippen LogP contribution in [0.25, 0.3) is 0 Å². The summed E-state index contributed by atoms with van der Waals surface area (Å²) in [6.07, 6.45) is 97.4. The molecule has 0 saturated heterocycles. The number of nitrogens with zero attached hydrogens (tertiary/aromatic N) is 1. The van der Waals surface area contributed by atoms with Gasteiger partial charge in [0.15, 0.2) is 6.10 Å². The summed E-state index contributed by atoms with van der Waals surface area (Å²) in [6, 6.07) is 0. The van der Waals surface area contributed by atoms with Crippen molar-refractivity contribution in [3.8, 4) is 0 Å². The van der Waals surface area contributed by atoms with Gasteiger partial charge in [-0.3, -0.25) is 14.2 Å². The van der Waals surface area contributed by atoms with Gasteiger partial charge < -0.3 is 27.9 Å². The average Bonchev–Trinajstić information content (AvgIpc) is 3.30. The number of hydrogen-bond acceptors (Lipinski definition) is 8. The first kappa shape index (κ1) is 88.5. The number of quaternary nitrogens is 1. The molecule has 2 unspecified atom stereocenters. The van der Waals surface area contributed by atoms with Crippen LogP contribution in [0.3, 0.4) is 0 Å². The first-order valence-corrected chi connectivity index (χ1v) is 40.6. The summed E-state index contributed by atoms with van der Waals surface area (Å²) in [5.74, 6) is -0.820. The first-order chi connectivity index (χ1) is 44.5. The van der Waals surface area contributed by atoms with Crippen LogP contribution in [0.15, 0.2) is 72.9 Å². The SMILES string of the molecule is CC/C=C\C/C=C\C/C=C\C/C=C\C/C=C\C/C=C\CCCCCCCCCCCCCCC(=O)OC(COC(=O)CCCCCCCCCCCCCCCCCCCCCCCCCCCCCCCCCCCCCC)COP(=O)([O-])OCC[N+](C)(C)C. The lowest BCUT2D eigenvalue weighted by atomic mass is 10.0. The van der Waals surface area contributed by atoms with Gasteiger partial charge in [-0.05, 0) is 64.2 Å². The molecule has 0 aromatic rings. The highest BCUT2D eigenvalue weighted by Gasteiger charge is 2.22. The van der Waals surface area contributed by atoms with E-state index in [1.807, 2.05) is 21.1 Å². The summed E-state index contributed by atoms with van der Waals surface area (Å²) in [7, 11) is 1.18. The van der Waals surface area contributed by atoms with E-state index in [1.54, 1.807) is 0 Å². The van der Waals surface area contributed by atoms with Crippen molar-refractivity contribution in [1.82, 2.24) is 0 Å². The predicted molar refractivity (Wildman–Crippen MR) is 393 cm³/mol. The normalized spacial score (nSPS) is 13.4. The van der Waals surface area contributed by atoms with Crippen LogP contribution in [0.1, 0.15) is 380 Å². The first-order valence-electron chi connectivity index (χ1n) is 39.1. The molecule has 0 aliphatic carbocycles. The van der Waals surface area contributed by atoms with Gasteiger partial charge >= 0.3 is 11.9 Å². The molecule has 91 heavy (non-hydrogen) atoms. The molecule has 0 aliphatic rings. The van der Waals surface area contributed by atoms with Crippen molar-refractivity contribution in [3.05, 3.63) is 72.9 Å². The Morgan fingerprint density at radius 2 is 0.626 bits per heavy atom. The van der Waals surface area contributed by atoms with E-state index in [4.69, 9.17) is 18.5 Å². The van der Waals surface area contributed by atoms with Crippen molar-refractivity contribution >= 4 is 19.8 Å². The summed E-state index contributed by atoms with van der Waals surface area (Å²) in [4.78, 5) is 38.2. The summed E-state index contributed by atoms with van der Waals surface area (Å²) in [5, 5.41) is 0. The number of likely N-dealkylation sites (N-methyl/N-ethyl adjacent to an activating group) is 1. The maximum atomic E-state index is 12.9. The summed E-state index contributed by atoms with van der Waals surface area (Å²) in [5.41, 5.74) is 0. The highest BCUT2D eigenvalue weighted by molar-refractivity contribution is 7.45. The molecule has 0 radical (unpaired) electrons. The minimum atomic E-state index is -4.65. The van der Waals surface area contributed by atoms with Crippen molar-refractivity contribution in [1.29, 1.82) is 0 Å². The van der Waals surface area contributed by atoms with Gasteiger partial charge in [0, 0.05) is 12.8 Å². The van der Waals surface area contributed by atoms with Crippen LogP contribution in [-0.2, 0) is 32.7 Å². The summed E-state index contributed by atoms with van der Waals surface area (Å²) < 4.78 is 34.4. The van der Waals surface area contributed by atoms with Crippen molar-refractivity contribution in [2.24, 2.45) is 0 Å². The minimum absolute atomic E-state index is 0.0314. The van der Waals surface area contributed by atoms with Gasteiger partial charge in [0.25, 0.3) is 7.82 Å². The summed E-state index contributed by atoms with van der Waals surface area (Å²) in [6.45, 7) is 4.18. The molecule has 0 bridgehead atoms. The maximum absolute atomic E-state index is 12.9. The lowest BCUT2D eigenvalue weighted by molar-refractivity contribution is -0.870. The number of esters is 2. The maximum Gasteiger partial charge on any atom is 0.306 e. The number of phosphoric acid groups is 1. The number of phosphoric ester groups is 1. The molecule has 0 rings (SSSR count). The Bertz CT molecular complexity index is 1770. The van der Waals surface area contributed by atoms with Gasteiger partial charge in [0.1, 0.15) is 19.8 Å². The monoisotopic (exact) mass is 1300 g/mol. The Hall–Kier alpha value is -2.55. The van der Waals surface area contributed by atoms with Gasteiger partial charge in [0.2, 0.25) is 0 Å². The largest absolute Gasteiger partial charge is 0.756 e. The molecule has 2 atom stereocenters. The number of unbranched alkanes of at least 4 members (excludes halogenated alkanes) is 47. The molecule has 0 aliphatic heterocycles. The van der Waals surface area contributed by atoms with Crippen molar-refractivity contribution in [3.63, 3.8) is 0 Å². The number of rotatable bonds is 73. The lowest BCUT2D eigenvalue weighted by Gasteiger charge is -2.28. The fraction of sp³-hybridized carbons (Fsp3) is 0.827. The Labute approximate surface area is 565 Å². The Morgan fingerprint density at radius 3 is 0.934 bits per heavy atom. The zero-order valence-electron chi connectivity index (χ0n) is 60.8. The van der Waals surface area contributed by atoms with Gasteiger partial charge in [-0.1, -0.05) is 376 Å². The third kappa shape index (κ3) is 76.4. The van der Waals surface area contributed by atoms with Crippen LogP contribution in [0.2, 0.25) is 0 Å². The second kappa shape index (κ2) is 71.7. The van der Waals surface area contributed by atoms with E-state index in [-0.39, 0.29) is 32.0 Å². The zero-order chi connectivity index (χ0) is 66.2. The van der Waals surface area contributed by atoms with Crippen molar-refractivity contribution in [2.45, 2.75) is 386 Å². The molecule has 0 N–H and O–H groups in total. The molecule has 0 spiro atoms. The third-order valence-corrected chi connectivity index (χ3v) is 18.5. The van der Waals surface area contributed by atoms with E-state index in [1.165, 1.54) is 270 Å². The molecular formula is C81H150NO8P. The Morgan fingerprint density at radius 1 is 0.352 bits per heavy atom. The van der Waals surface area contributed by atoms with E-state index >= 15 is 0 Å². The average molecular weight is 1300 g/mol. The highest BCUT2D eigenvalue weighted by Crippen LogP contribution is 2.38. The van der Waals surface area contributed by atoms with Crippen LogP contribution in [0.4, 0.5) is 0 Å². The van der Waals surface area contributed by atoms with Crippen molar-refractivity contribution in [2.75, 3.05) is 47.5 Å². The third-order valence-electron chi connectivity index (χ3n) is 17.5. The smallest absolute Gasteiger partial charge is 0.306 e. The van der Waals surface area contributed by atoms with Gasteiger partial charge in [-0.2, -0.15) is 0 Å². The standard InChI is InChI=1S/C81H150NO8P/c1-6-8-10-12-14-16-18-20-22-24-26-28-30-32-34-36-38-39-40-41-42-44-45-47-49-51-53-55-57-59-61-63-65-67-69-71-73-80(83)87-77-79(78-89-91(85,86)88-76-75-82(3,4)5)90-81(84)74-72-70-68-66-64-62-60-58-56-54-52-50-48-46-43-37-35-33-31-29-27-25-23-21-19-17-15-13-11-9-7-2/h9,11,15,17,21,23,27,29,33,35,43,46,79H,6-8,10,12-14,16,18-20,22,24-26,28,30-32,34,36-42,44-45,47-78H2,1-5H3/b11-9-,17-15-,23-21-,29-27-,35-33-,46-43-. The van der Waals surface area contributed by atoms with Gasteiger partial charge in [0.05, 0.1) is 27.7 Å². The van der Waals surface area contributed by atoms with E-state index in [0.717, 1.165) is 77.0 Å². The number of carbonyl (C=O) groups excluding carboxylic acids is 2. The number of carbonyl (C=O) groups is 2. The molecule has 10 heteroatoms. The van der Waals surface area contributed by atoms with E-state index < -0.39 is 26.5 Å². The van der Waals surface area contributed by atoms with Gasteiger partial charge in [-0.25, -0.2) is 0 Å². The predicted octanol–water partition coefficient (Wildman–Crippen LogP) is 25.3. The topological polar surface area (TPSA) is 111 Å². The quantitative estimate of drug-likeness (QED) is 0.0195. The molecular weight excluding hydrogens is 1150 g/mol. The summed E-state index contributed by atoms with van der Waals surface area (Å²) >= 11 is 0. The molecule has 0 amide bonds. The van der Waals surface area contributed by atoms with Crippen LogP contribution in [0, 0.1) is 0 Å². The molecule has 532 valence electrons. The number of hydrogen-bond donors (Lipinski definition) is 0. The molecule has 0 aromatic heterocycles. The van der Waals surface area contributed by atoms with Gasteiger partial charge in [-0.15, -0.1) is 0 Å². The fourth-order valence-corrected chi connectivity index (χ4v) is 12.3. The highest BCUT2D eigenvalue weighted by atomic mass is 31.2. The zero-order valence-corrected chi connectivity index (χ0v) is 61.7. The van der Waals surface area contributed by atoms with E-state index in [9.17, 15) is 19.0 Å². The molecule has 9 nitrogen and oxygen atoms in total. The van der Waals surface area contributed by atoms with E-state index in [0.29, 0.717) is 17.4 Å². The number of ether oxygens (including phenoxy) is 2. The number of allylic oxidation sites excluding steroid dienone is 12.